The second-order valence-electron chi connectivity index (χ2n) is 9.17. The van der Waals surface area contributed by atoms with Gasteiger partial charge < -0.3 is 14.2 Å². The fourth-order valence-electron chi connectivity index (χ4n) is 5.24. The van der Waals surface area contributed by atoms with Crippen LogP contribution in [-0.4, -0.2) is 45.9 Å². The van der Waals surface area contributed by atoms with E-state index in [9.17, 15) is 4.79 Å². The first-order valence-electron chi connectivity index (χ1n) is 11.1. The number of hydrogen-bond acceptors (Lipinski definition) is 5. The Morgan fingerprint density at radius 3 is 2.87 bits per heavy atom. The van der Waals surface area contributed by atoms with Crippen LogP contribution in [0.4, 0.5) is 0 Å². The van der Waals surface area contributed by atoms with Gasteiger partial charge in [0.2, 0.25) is 0 Å². The van der Waals surface area contributed by atoms with Crippen LogP contribution in [0.1, 0.15) is 46.3 Å². The molecule has 1 saturated carbocycles. The van der Waals surface area contributed by atoms with Crippen LogP contribution in [-0.2, 0) is 13.0 Å². The van der Waals surface area contributed by atoms with Crippen molar-refractivity contribution in [3.63, 3.8) is 0 Å². The summed E-state index contributed by atoms with van der Waals surface area (Å²) in [4.78, 5) is 14.9. The van der Waals surface area contributed by atoms with E-state index in [1.165, 1.54) is 24.1 Å². The first-order valence-corrected chi connectivity index (χ1v) is 11.1. The van der Waals surface area contributed by atoms with Gasteiger partial charge in [-0.25, -0.2) is 0 Å². The molecule has 1 aromatic carbocycles. The summed E-state index contributed by atoms with van der Waals surface area (Å²) in [5.74, 6) is 2.95. The molecule has 1 amide bonds. The number of carbonyl (C=O) groups is 1. The number of hydrogen-bond donors (Lipinski definition) is 0. The number of methoxy groups -OCH3 is 1. The lowest BCUT2D eigenvalue weighted by Crippen LogP contribution is -2.30. The summed E-state index contributed by atoms with van der Waals surface area (Å²) in [6, 6.07) is 9.87. The largest absolute Gasteiger partial charge is 0.497 e. The number of ether oxygens (including phenoxy) is 1. The summed E-state index contributed by atoms with van der Waals surface area (Å²) in [7, 11) is 1.69. The van der Waals surface area contributed by atoms with Crippen LogP contribution in [0.5, 0.6) is 5.75 Å². The lowest BCUT2D eigenvalue weighted by molar-refractivity contribution is 0.0774. The number of benzene rings is 1. The third-order valence-corrected chi connectivity index (χ3v) is 6.97. The van der Waals surface area contributed by atoms with Crippen molar-refractivity contribution in [2.24, 2.45) is 11.8 Å². The van der Waals surface area contributed by atoms with Gasteiger partial charge in [0.15, 0.2) is 5.69 Å². The summed E-state index contributed by atoms with van der Waals surface area (Å²) in [6.07, 6.45) is 3.58. The molecule has 2 aliphatic carbocycles. The van der Waals surface area contributed by atoms with Crippen molar-refractivity contribution in [2.75, 3.05) is 20.2 Å². The number of aromatic nitrogens is 3. The quantitative estimate of drug-likeness (QED) is 0.632. The number of amides is 1. The predicted molar refractivity (Wildman–Crippen MR) is 114 cm³/mol. The minimum Gasteiger partial charge on any atom is -0.497 e. The van der Waals surface area contributed by atoms with Crippen LogP contribution in [0.2, 0.25) is 0 Å². The maximum absolute atomic E-state index is 13.0. The van der Waals surface area contributed by atoms with Gasteiger partial charge in [-0.3, -0.25) is 9.48 Å². The molecule has 160 valence electrons. The summed E-state index contributed by atoms with van der Waals surface area (Å²) < 4.78 is 12.8. The zero-order valence-corrected chi connectivity index (χ0v) is 17.9. The van der Waals surface area contributed by atoms with Crippen LogP contribution in [0.3, 0.4) is 0 Å². The molecule has 6 rings (SSSR count). The number of fused-ring (bicyclic) bond motifs is 3. The van der Waals surface area contributed by atoms with Crippen LogP contribution in [0.25, 0.3) is 11.3 Å². The highest BCUT2D eigenvalue weighted by molar-refractivity contribution is 5.92. The molecule has 3 heterocycles. The van der Waals surface area contributed by atoms with Crippen molar-refractivity contribution in [1.82, 2.24) is 19.8 Å². The summed E-state index contributed by atoms with van der Waals surface area (Å²) in [5.41, 5.74) is 5.22. The molecular weight excluding hydrogens is 392 g/mol. The van der Waals surface area contributed by atoms with Crippen LogP contribution in [0.15, 0.2) is 34.9 Å². The first kappa shape index (κ1) is 18.7. The van der Waals surface area contributed by atoms with Gasteiger partial charge in [0.25, 0.3) is 5.91 Å². The van der Waals surface area contributed by atoms with E-state index in [4.69, 9.17) is 14.4 Å². The normalized spacial score (nSPS) is 21.9. The highest BCUT2D eigenvalue weighted by atomic mass is 16.5. The van der Waals surface area contributed by atoms with Gasteiger partial charge in [0.1, 0.15) is 11.5 Å². The second kappa shape index (κ2) is 6.97. The Kier molecular flexibility index (Phi) is 4.20. The van der Waals surface area contributed by atoms with Gasteiger partial charge in [-0.2, -0.15) is 5.10 Å². The molecule has 0 bridgehead atoms. The third kappa shape index (κ3) is 3.14. The summed E-state index contributed by atoms with van der Waals surface area (Å²) >= 11 is 0. The molecule has 3 aromatic rings. The lowest BCUT2D eigenvalue weighted by Gasteiger charge is -2.16. The summed E-state index contributed by atoms with van der Waals surface area (Å²) in [6.45, 7) is 4.27. The molecule has 0 N–H and O–H groups in total. The average Bonchev–Trinajstić information content (AvgIpc) is 3.08. The van der Waals surface area contributed by atoms with E-state index < -0.39 is 0 Å². The fourth-order valence-corrected chi connectivity index (χ4v) is 5.24. The molecule has 3 aliphatic rings. The Hall–Kier alpha value is -3.09. The van der Waals surface area contributed by atoms with Gasteiger partial charge in [-0.1, -0.05) is 17.3 Å². The topological polar surface area (TPSA) is 73.4 Å². The first-order chi connectivity index (χ1) is 15.1. The Morgan fingerprint density at radius 1 is 1.26 bits per heavy atom. The van der Waals surface area contributed by atoms with E-state index in [1.54, 1.807) is 13.2 Å². The van der Waals surface area contributed by atoms with Crippen molar-refractivity contribution < 1.29 is 14.1 Å². The zero-order chi connectivity index (χ0) is 21.1. The van der Waals surface area contributed by atoms with Crippen LogP contribution < -0.4 is 4.74 Å². The van der Waals surface area contributed by atoms with E-state index >= 15 is 0 Å². The molecule has 0 spiro atoms. The molecule has 2 aromatic heterocycles. The predicted octanol–water partition coefficient (Wildman–Crippen LogP) is 3.68. The van der Waals surface area contributed by atoms with Gasteiger partial charge in [0, 0.05) is 48.4 Å². The van der Waals surface area contributed by atoms with Crippen LogP contribution in [0, 0.1) is 18.8 Å². The minimum absolute atomic E-state index is 0.0406. The molecule has 31 heavy (non-hydrogen) atoms. The molecule has 2 fully saturated rings. The molecular formula is C24H26N4O3. The Balaban J connectivity index is 1.35. The third-order valence-electron chi connectivity index (χ3n) is 6.97. The molecule has 7 heteroatoms. The SMILES string of the molecule is COc1cccc(-c2nn(CC3CC3)c3c2[C@@H]2CN(C(=O)c4cc(C)on4)C[C@@H]2C3)c1. The van der Waals surface area contributed by atoms with E-state index in [0.717, 1.165) is 42.4 Å². The molecule has 0 radical (unpaired) electrons. The van der Waals surface area contributed by atoms with E-state index in [-0.39, 0.29) is 5.91 Å². The van der Waals surface area contributed by atoms with Crippen molar-refractivity contribution in [3.8, 4) is 17.0 Å². The molecule has 0 unspecified atom stereocenters. The van der Waals surface area contributed by atoms with Gasteiger partial charge in [0.05, 0.1) is 12.8 Å². The lowest BCUT2D eigenvalue weighted by atomic mass is 9.94. The molecule has 1 aliphatic heterocycles. The number of nitrogens with zero attached hydrogens (tertiary/aromatic N) is 4. The maximum Gasteiger partial charge on any atom is 0.276 e. The van der Waals surface area contributed by atoms with Gasteiger partial charge in [-0.05, 0) is 50.2 Å². The molecule has 2 atom stereocenters. The Labute approximate surface area is 181 Å². The number of likely N-dealkylation sites (tertiary alicyclic amines) is 1. The Bertz CT molecular complexity index is 1160. The van der Waals surface area contributed by atoms with E-state index in [0.29, 0.717) is 29.8 Å². The molecule has 7 nitrogen and oxygen atoms in total. The smallest absolute Gasteiger partial charge is 0.276 e. The standard InChI is InChI=1S/C24H26N4O3/c1-14-8-20(26-31-14)24(29)27-12-17-10-21-22(19(17)13-27)23(25-28(21)11-15-6-7-15)16-4-3-5-18(9-16)30-2/h3-5,8-9,15,17,19H,6-7,10-13H2,1-2H3/t17-,19+/m0/s1. The number of aryl methyl sites for hydroxylation is 1. The number of carbonyl (C=O) groups excluding carboxylic acids is 1. The zero-order valence-electron chi connectivity index (χ0n) is 17.9. The maximum atomic E-state index is 13.0. The summed E-state index contributed by atoms with van der Waals surface area (Å²) in [5, 5.41) is 9.01. The van der Waals surface area contributed by atoms with Crippen LogP contribution >= 0.6 is 0 Å². The van der Waals surface area contributed by atoms with Crippen molar-refractivity contribution in [3.05, 3.63) is 53.0 Å². The monoisotopic (exact) mass is 418 g/mol. The highest BCUT2D eigenvalue weighted by Gasteiger charge is 2.46. The van der Waals surface area contributed by atoms with Crippen molar-refractivity contribution in [2.45, 2.75) is 38.6 Å². The van der Waals surface area contributed by atoms with Crippen molar-refractivity contribution in [1.29, 1.82) is 0 Å². The fraction of sp³-hybridized carbons (Fsp3) is 0.458. The molecule has 1 saturated heterocycles. The van der Waals surface area contributed by atoms with Gasteiger partial charge in [-0.15, -0.1) is 0 Å². The van der Waals surface area contributed by atoms with Crippen molar-refractivity contribution >= 4 is 5.91 Å². The second-order valence-corrected chi connectivity index (χ2v) is 9.17. The Morgan fingerprint density at radius 2 is 2.13 bits per heavy atom. The van der Waals surface area contributed by atoms with E-state index in [2.05, 4.69) is 22.0 Å². The van der Waals surface area contributed by atoms with E-state index in [1.807, 2.05) is 24.0 Å². The highest BCUT2D eigenvalue weighted by Crippen LogP contribution is 2.48. The minimum atomic E-state index is -0.0406. The number of rotatable bonds is 5. The van der Waals surface area contributed by atoms with Gasteiger partial charge >= 0.3 is 0 Å². The average molecular weight is 418 g/mol.